The molecule has 0 aromatic carbocycles. The highest BCUT2D eigenvalue weighted by Crippen LogP contribution is 2.13. The second-order valence-corrected chi connectivity index (χ2v) is 8.26. The van der Waals surface area contributed by atoms with E-state index in [1.54, 1.807) is 0 Å². The van der Waals surface area contributed by atoms with Gasteiger partial charge in [0.2, 0.25) is 0 Å². The van der Waals surface area contributed by atoms with Crippen LogP contribution in [0.3, 0.4) is 0 Å². The zero-order chi connectivity index (χ0) is 22.3. The minimum absolute atomic E-state index is 0.318. The molecule has 0 bridgehead atoms. The fourth-order valence-corrected chi connectivity index (χ4v) is 3.61. The number of rotatable bonds is 20. The Morgan fingerprint density at radius 2 is 1.40 bits per heavy atom. The molecule has 0 saturated carbocycles. The predicted octanol–water partition coefficient (Wildman–Crippen LogP) is 6.63. The highest BCUT2D eigenvalue weighted by atomic mass is 16.1. The fourth-order valence-electron chi connectivity index (χ4n) is 3.61. The highest BCUT2D eigenvalue weighted by Gasteiger charge is 2.03. The first-order valence-corrected chi connectivity index (χ1v) is 12.9. The van der Waals surface area contributed by atoms with E-state index in [2.05, 4.69) is 23.4 Å². The van der Waals surface area contributed by atoms with E-state index >= 15 is 0 Å². The summed E-state index contributed by atoms with van der Waals surface area (Å²) in [6.45, 7) is 7.14. The molecule has 1 heterocycles. The number of carbonyl (C=O) groups excluding carboxylic acids is 1. The summed E-state index contributed by atoms with van der Waals surface area (Å²) < 4.78 is 1.92. The molecule has 1 rings (SSSR count). The molecule has 5 heteroatoms. The van der Waals surface area contributed by atoms with Gasteiger partial charge < -0.3 is 10.5 Å². The maximum absolute atomic E-state index is 10.5. The van der Waals surface area contributed by atoms with Crippen molar-refractivity contribution in [2.45, 2.75) is 143 Å². The van der Waals surface area contributed by atoms with Crippen LogP contribution in [0.5, 0.6) is 0 Å². The highest BCUT2D eigenvalue weighted by molar-refractivity contribution is 5.56. The molecule has 1 atom stereocenters. The third-order valence-electron chi connectivity index (χ3n) is 5.47. The van der Waals surface area contributed by atoms with Crippen molar-refractivity contribution in [3.8, 4) is 0 Å². The normalized spacial score (nSPS) is 11.7. The van der Waals surface area contributed by atoms with Crippen molar-refractivity contribution >= 4 is 6.29 Å². The molecule has 0 aliphatic carbocycles. The Hall–Kier alpha value is -1.23. The largest absolute Gasteiger partial charge is 0.322 e. The second kappa shape index (κ2) is 22.5. The standard InChI is InChI=1S/C23H44N4O.C2H6/c1-2-3-4-5-6-7-8-9-10-11-12-13-14-18-23-20-27(26-25-23)19-16-15-17-22(24)21-28;1-2/h20-22H,2-19,24H2,1H3;1-2H3/t22-;/m0./s1. The van der Waals surface area contributed by atoms with Gasteiger partial charge in [0.1, 0.15) is 6.29 Å². The van der Waals surface area contributed by atoms with Crippen molar-refractivity contribution in [2.75, 3.05) is 0 Å². The Kier molecular flexibility index (Phi) is 21.5. The second-order valence-electron chi connectivity index (χ2n) is 8.26. The summed E-state index contributed by atoms with van der Waals surface area (Å²) in [5.41, 5.74) is 6.70. The van der Waals surface area contributed by atoms with Gasteiger partial charge in [-0.15, -0.1) is 5.10 Å². The van der Waals surface area contributed by atoms with Crippen molar-refractivity contribution in [3.63, 3.8) is 0 Å². The Labute approximate surface area is 186 Å². The third kappa shape index (κ3) is 17.6. The monoisotopic (exact) mass is 422 g/mol. The van der Waals surface area contributed by atoms with Gasteiger partial charge in [-0.1, -0.05) is 103 Å². The molecule has 0 aliphatic rings. The molecule has 0 fully saturated rings. The number of aryl methyl sites for hydroxylation is 2. The van der Waals surface area contributed by atoms with Gasteiger partial charge in [-0.3, -0.25) is 4.68 Å². The summed E-state index contributed by atoms with van der Waals surface area (Å²) >= 11 is 0. The SMILES string of the molecule is CC.CCCCCCCCCCCCCCCc1cn(CCCC[C@H](N)C=O)nn1. The van der Waals surface area contributed by atoms with Crippen molar-refractivity contribution in [2.24, 2.45) is 5.73 Å². The summed E-state index contributed by atoms with van der Waals surface area (Å²) in [6.07, 6.45) is 24.6. The smallest absolute Gasteiger partial charge is 0.136 e. The third-order valence-corrected chi connectivity index (χ3v) is 5.47. The predicted molar refractivity (Wildman–Crippen MR) is 129 cm³/mol. The molecule has 5 nitrogen and oxygen atoms in total. The molecule has 176 valence electrons. The first-order chi connectivity index (χ1) is 14.8. The summed E-state index contributed by atoms with van der Waals surface area (Å²) in [6, 6.07) is -0.318. The number of hydrogen-bond acceptors (Lipinski definition) is 4. The lowest BCUT2D eigenvalue weighted by Crippen LogP contribution is -2.21. The number of unbranched alkanes of at least 4 members (excludes halogenated alkanes) is 13. The number of nitrogens with two attached hydrogens (primary N) is 1. The average molecular weight is 423 g/mol. The lowest BCUT2D eigenvalue weighted by Gasteiger charge is -2.03. The topological polar surface area (TPSA) is 73.8 Å². The summed E-state index contributed by atoms with van der Waals surface area (Å²) in [7, 11) is 0. The molecular weight excluding hydrogens is 372 g/mol. The van der Waals surface area contributed by atoms with Crippen molar-refractivity contribution in [1.82, 2.24) is 15.0 Å². The van der Waals surface area contributed by atoms with Gasteiger partial charge in [0.05, 0.1) is 11.7 Å². The molecule has 30 heavy (non-hydrogen) atoms. The molecule has 0 aliphatic heterocycles. The van der Waals surface area contributed by atoms with E-state index in [1.807, 2.05) is 18.5 Å². The lowest BCUT2D eigenvalue weighted by molar-refractivity contribution is -0.109. The quantitative estimate of drug-likeness (QED) is 0.189. The fraction of sp³-hybridized carbons (Fsp3) is 0.880. The molecule has 0 radical (unpaired) electrons. The van der Waals surface area contributed by atoms with Crippen LogP contribution >= 0.6 is 0 Å². The zero-order valence-electron chi connectivity index (χ0n) is 20.3. The minimum Gasteiger partial charge on any atom is -0.322 e. The molecule has 0 unspecified atom stereocenters. The lowest BCUT2D eigenvalue weighted by atomic mass is 10.0. The van der Waals surface area contributed by atoms with Crippen molar-refractivity contribution in [1.29, 1.82) is 0 Å². The zero-order valence-corrected chi connectivity index (χ0v) is 20.3. The van der Waals surface area contributed by atoms with Crippen LogP contribution in [0.25, 0.3) is 0 Å². The van der Waals surface area contributed by atoms with Gasteiger partial charge in [0.15, 0.2) is 0 Å². The average Bonchev–Trinajstić information content (AvgIpc) is 3.23. The van der Waals surface area contributed by atoms with Gasteiger partial charge in [-0.2, -0.15) is 0 Å². The first kappa shape index (κ1) is 28.8. The maximum Gasteiger partial charge on any atom is 0.136 e. The van der Waals surface area contributed by atoms with E-state index in [0.29, 0.717) is 0 Å². The number of aromatic nitrogens is 3. The van der Waals surface area contributed by atoms with E-state index in [1.165, 1.54) is 83.5 Å². The molecule has 0 amide bonds. The Morgan fingerprint density at radius 1 is 0.867 bits per heavy atom. The van der Waals surface area contributed by atoms with Gasteiger partial charge in [0.25, 0.3) is 0 Å². The van der Waals surface area contributed by atoms with Gasteiger partial charge in [-0.25, -0.2) is 0 Å². The van der Waals surface area contributed by atoms with Crippen LogP contribution in [-0.4, -0.2) is 27.3 Å². The summed E-state index contributed by atoms with van der Waals surface area (Å²) in [4.78, 5) is 10.5. The van der Waals surface area contributed by atoms with Gasteiger partial charge in [-0.05, 0) is 32.1 Å². The van der Waals surface area contributed by atoms with Crippen LogP contribution in [0.1, 0.15) is 129 Å². The van der Waals surface area contributed by atoms with Crippen molar-refractivity contribution in [3.05, 3.63) is 11.9 Å². The van der Waals surface area contributed by atoms with Crippen LogP contribution in [0.15, 0.2) is 6.20 Å². The van der Waals surface area contributed by atoms with E-state index < -0.39 is 0 Å². The van der Waals surface area contributed by atoms with E-state index in [-0.39, 0.29) is 6.04 Å². The Morgan fingerprint density at radius 3 is 1.93 bits per heavy atom. The van der Waals surface area contributed by atoms with Gasteiger partial charge >= 0.3 is 0 Å². The maximum atomic E-state index is 10.5. The Bertz CT molecular complexity index is 475. The first-order valence-electron chi connectivity index (χ1n) is 12.9. The van der Waals surface area contributed by atoms with Crippen LogP contribution in [-0.2, 0) is 17.8 Å². The number of hydrogen-bond donors (Lipinski definition) is 1. The van der Waals surface area contributed by atoms with Crippen LogP contribution in [0.2, 0.25) is 0 Å². The van der Waals surface area contributed by atoms with E-state index in [0.717, 1.165) is 44.2 Å². The van der Waals surface area contributed by atoms with Crippen LogP contribution < -0.4 is 5.73 Å². The Balaban J connectivity index is 0.00000407. The molecule has 0 spiro atoms. The summed E-state index contributed by atoms with van der Waals surface area (Å²) in [5.74, 6) is 0. The molecular formula is C25H50N4O. The van der Waals surface area contributed by atoms with E-state index in [4.69, 9.17) is 5.73 Å². The molecule has 1 aromatic heterocycles. The number of carbonyl (C=O) groups is 1. The molecule has 0 saturated heterocycles. The van der Waals surface area contributed by atoms with Gasteiger partial charge in [0, 0.05) is 12.7 Å². The summed E-state index contributed by atoms with van der Waals surface area (Å²) in [5, 5.41) is 8.47. The van der Waals surface area contributed by atoms with E-state index in [9.17, 15) is 4.79 Å². The van der Waals surface area contributed by atoms with Crippen LogP contribution in [0.4, 0.5) is 0 Å². The van der Waals surface area contributed by atoms with Crippen molar-refractivity contribution < 1.29 is 4.79 Å². The number of nitrogens with zero attached hydrogens (tertiary/aromatic N) is 3. The molecule has 1 aromatic rings. The number of aldehydes is 1. The molecule has 2 N–H and O–H groups in total. The van der Waals surface area contributed by atoms with Crippen LogP contribution in [0, 0.1) is 0 Å². The minimum atomic E-state index is -0.318.